The van der Waals surface area contributed by atoms with Gasteiger partial charge in [-0.15, -0.1) is 0 Å². The maximum absolute atomic E-state index is 8.41. The molecule has 1 aromatic carbocycles. The van der Waals surface area contributed by atoms with E-state index in [-0.39, 0.29) is 0 Å². The molecule has 0 spiro atoms. The van der Waals surface area contributed by atoms with Gasteiger partial charge in [0.2, 0.25) is 0 Å². The zero-order valence-electron chi connectivity index (χ0n) is 5.04. The Balaban J connectivity index is 2.93. The van der Waals surface area contributed by atoms with E-state index in [2.05, 4.69) is 0 Å². The minimum absolute atomic E-state index is 0.650. The Bertz CT molecular complexity index is 249. The van der Waals surface area contributed by atoms with Gasteiger partial charge in [-0.1, -0.05) is 0 Å². The van der Waals surface area contributed by atoms with Crippen molar-refractivity contribution in [3.8, 4) is 11.8 Å². The molecule has 2 nitrogen and oxygen atoms in total. The van der Waals surface area contributed by atoms with Crippen molar-refractivity contribution in [1.29, 1.82) is 5.26 Å². The first-order chi connectivity index (χ1) is 4.86. The largest absolute Gasteiger partial charge is 0.428 e. The Morgan fingerprint density at radius 1 is 1.30 bits per heavy atom. The Labute approximate surface area is 73.1 Å². The van der Waals surface area contributed by atoms with Crippen molar-refractivity contribution in [2.75, 3.05) is 0 Å². The van der Waals surface area contributed by atoms with Crippen molar-refractivity contribution in [1.82, 2.24) is 0 Å². The zero-order valence-corrected chi connectivity index (χ0v) is 7.20. The highest BCUT2D eigenvalue weighted by Gasteiger charge is 1.90. The lowest BCUT2D eigenvalue weighted by atomic mass is 10.2. The monoisotopic (exact) mass is 245 g/mol. The molecule has 0 saturated carbocycles. The van der Waals surface area contributed by atoms with Crippen LogP contribution in [0.15, 0.2) is 24.3 Å². The molecule has 0 N–H and O–H groups in total. The van der Waals surface area contributed by atoms with Crippen LogP contribution in [0.2, 0.25) is 0 Å². The fourth-order valence-corrected chi connectivity index (χ4v) is 0.875. The summed E-state index contributed by atoms with van der Waals surface area (Å²) >= 11 is 1.79. The van der Waals surface area contributed by atoms with Crippen molar-refractivity contribution in [3.05, 3.63) is 29.8 Å². The summed E-state index contributed by atoms with van der Waals surface area (Å²) in [4.78, 5) is 0. The highest BCUT2D eigenvalue weighted by atomic mass is 127. The Morgan fingerprint density at radius 3 is 2.30 bits per heavy atom. The number of nitriles is 1. The van der Waals surface area contributed by atoms with Crippen LogP contribution in [0.4, 0.5) is 0 Å². The minimum atomic E-state index is 0.650. The summed E-state index contributed by atoms with van der Waals surface area (Å²) in [5.41, 5.74) is 0.650. The Hall–Kier alpha value is -0.760. The molecular weight excluding hydrogens is 241 g/mol. The third-order valence-electron chi connectivity index (χ3n) is 1.07. The Kier molecular flexibility index (Phi) is 2.51. The van der Waals surface area contributed by atoms with Gasteiger partial charge in [0.1, 0.15) is 5.75 Å². The van der Waals surface area contributed by atoms with Gasteiger partial charge in [0, 0.05) is 0 Å². The fraction of sp³-hybridized carbons (Fsp3) is 0. The molecule has 0 aromatic heterocycles. The van der Waals surface area contributed by atoms with Crippen molar-refractivity contribution in [2.45, 2.75) is 0 Å². The molecule has 50 valence electrons. The molecule has 1 aromatic rings. The second-order valence-corrected chi connectivity index (χ2v) is 2.15. The lowest BCUT2D eigenvalue weighted by molar-refractivity contribution is 0.717. The smallest absolute Gasteiger partial charge is 0.192 e. The van der Waals surface area contributed by atoms with E-state index in [1.165, 1.54) is 0 Å². The summed E-state index contributed by atoms with van der Waals surface area (Å²) in [6.07, 6.45) is 0. The minimum Gasteiger partial charge on any atom is -0.428 e. The second kappa shape index (κ2) is 3.42. The predicted octanol–water partition coefficient (Wildman–Crippen LogP) is 2.29. The topological polar surface area (TPSA) is 33.0 Å². The molecule has 3 heteroatoms. The molecule has 0 radical (unpaired) electrons. The summed E-state index contributed by atoms with van der Waals surface area (Å²) in [7, 11) is 0. The van der Waals surface area contributed by atoms with Crippen LogP contribution in [0.25, 0.3) is 0 Å². The third kappa shape index (κ3) is 1.61. The fourth-order valence-electron chi connectivity index (χ4n) is 0.581. The van der Waals surface area contributed by atoms with E-state index in [0.717, 1.165) is 5.75 Å². The molecule has 0 aliphatic rings. The van der Waals surface area contributed by atoms with Crippen molar-refractivity contribution in [2.24, 2.45) is 0 Å². The lowest BCUT2D eigenvalue weighted by Gasteiger charge is -1.93. The molecule has 0 bridgehead atoms. The first-order valence-corrected chi connectivity index (χ1v) is 3.53. The van der Waals surface area contributed by atoms with Gasteiger partial charge in [-0.2, -0.15) is 5.26 Å². The molecule has 0 heterocycles. The highest BCUT2D eigenvalue weighted by Crippen LogP contribution is 2.13. The van der Waals surface area contributed by atoms with Crippen LogP contribution >= 0.6 is 23.0 Å². The number of nitrogens with zero attached hydrogens (tertiary/aromatic N) is 1. The van der Waals surface area contributed by atoms with Crippen molar-refractivity contribution >= 4 is 23.0 Å². The van der Waals surface area contributed by atoms with Crippen LogP contribution in [0.3, 0.4) is 0 Å². The summed E-state index contributed by atoms with van der Waals surface area (Å²) in [5.74, 6) is 0.764. The average Bonchev–Trinajstić information content (AvgIpc) is 2.05. The molecule has 0 unspecified atom stereocenters. The van der Waals surface area contributed by atoms with E-state index < -0.39 is 0 Å². The third-order valence-corrected chi connectivity index (χ3v) is 1.58. The predicted molar refractivity (Wildman–Crippen MR) is 45.8 cm³/mol. The SMILES string of the molecule is N#Cc1ccc(OI)cc1. The summed E-state index contributed by atoms with van der Waals surface area (Å²) in [5, 5.41) is 8.41. The molecule has 0 fully saturated rings. The molecule has 0 aliphatic heterocycles. The van der Waals surface area contributed by atoms with E-state index in [4.69, 9.17) is 8.33 Å². The second-order valence-electron chi connectivity index (χ2n) is 1.71. The van der Waals surface area contributed by atoms with Gasteiger partial charge >= 0.3 is 0 Å². The molecule has 0 atom stereocenters. The maximum Gasteiger partial charge on any atom is 0.192 e. The Morgan fingerprint density at radius 2 is 1.90 bits per heavy atom. The van der Waals surface area contributed by atoms with Gasteiger partial charge in [0.25, 0.3) is 0 Å². The van der Waals surface area contributed by atoms with Crippen LogP contribution in [0.1, 0.15) is 5.56 Å². The molecule has 0 aliphatic carbocycles. The van der Waals surface area contributed by atoms with Gasteiger partial charge in [-0.05, 0) is 24.3 Å². The number of benzene rings is 1. The standard InChI is InChI=1S/C7H4INO/c8-10-7-3-1-6(5-9)2-4-7/h1-4H. The summed E-state index contributed by atoms with van der Waals surface area (Å²) in [6, 6.07) is 8.96. The quantitative estimate of drug-likeness (QED) is 0.711. The van der Waals surface area contributed by atoms with E-state index >= 15 is 0 Å². The number of hydrogen-bond acceptors (Lipinski definition) is 2. The lowest BCUT2D eigenvalue weighted by Crippen LogP contribution is -1.74. The molecule has 10 heavy (non-hydrogen) atoms. The van der Waals surface area contributed by atoms with Crippen LogP contribution in [-0.2, 0) is 0 Å². The number of rotatable bonds is 1. The maximum atomic E-state index is 8.41. The van der Waals surface area contributed by atoms with Gasteiger partial charge in [-0.3, -0.25) is 0 Å². The number of hydrogen-bond donors (Lipinski definition) is 0. The van der Waals surface area contributed by atoms with Crippen LogP contribution in [-0.4, -0.2) is 0 Å². The number of halogens is 1. The summed E-state index contributed by atoms with van der Waals surface area (Å²) < 4.78 is 4.87. The van der Waals surface area contributed by atoms with Gasteiger partial charge in [0.15, 0.2) is 23.0 Å². The van der Waals surface area contributed by atoms with Crippen molar-refractivity contribution < 1.29 is 3.07 Å². The first-order valence-electron chi connectivity index (χ1n) is 2.65. The average molecular weight is 245 g/mol. The molecule has 0 saturated heterocycles. The summed E-state index contributed by atoms with van der Waals surface area (Å²) in [6.45, 7) is 0. The molecule has 0 amide bonds. The van der Waals surface area contributed by atoms with Gasteiger partial charge in [0.05, 0.1) is 11.6 Å². The van der Waals surface area contributed by atoms with Crippen LogP contribution in [0, 0.1) is 11.3 Å². The zero-order chi connectivity index (χ0) is 7.40. The van der Waals surface area contributed by atoms with Crippen LogP contribution < -0.4 is 3.07 Å². The van der Waals surface area contributed by atoms with Crippen molar-refractivity contribution in [3.63, 3.8) is 0 Å². The van der Waals surface area contributed by atoms with Crippen LogP contribution in [0.5, 0.6) is 5.75 Å². The van der Waals surface area contributed by atoms with Gasteiger partial charge < -0.3 is 3.07 Å². The molecule has 1 rings (SSSR count). The highest BCUT2D eigenvalue weighted by molar-refractivity contribution is 14.1. The van der Waals surface area contributed by atoms with Gasteiger partial charge in [-0.25, -0.2) is 0 Å². The normalized spacial score (nSPS) is 8.40. The molecular formula is C7H4INO. The first kappa shape index (κ1) is 7.35. The van der Waals surface area contributed by atoms with E-state index in [9.17, 15) is 0 Å². The van der Waals surface area contributed by atoms with E-state index in [1.54, 1.807) is 47.3 Å². The van der Waals surface area contributed by atoms with E-state index in [0.29, 0.717) is 5.56 Å². The van der Waals surface area contributed by atoms with E-state index in [1.807, 2.05) is 6.07 Å².